The van der Waals surface area contributed by atoms with Crippen LogP contribution in [0.1, 0.15) is 0 Å². The molecule has 0 aliphatic carbocycles. The van der Waals surface area contributed by atoms with E-state index >= 15 is 0 Å². The summed E-state index contributed by atoms with van der Waals surface area (Å²) >= 11 is 0. The molecular weight excluding hydrogens is 181 g/mol. The van der Waals surface area contributed by atoms with E-state index in [1.165, 1.54) is 0 Å². The Balaban J connectivity index is 3.31. The second-order valence-electron chi connectivity index (χ2n) is 2.45. The van der Waals surface area contributed by atoms with Gasteiger partial charge in [0.25, 0.3) is 0 Å². The number of benzene rings is 1. The first kappa shape index (κ1) is 9.21. The molecule has 0 aromatic heterocycles. The van der Waals surface area contributed by atoms with Crippen LogP contribution in [0.5, 0.6) is 0 Å². The number of nitriles is 3. The second kappa shape index (κ2) is 3.68. The predicted octanol–water partition coefficient (Wildman–Crippen LogP) is 1.51. The van der Waals surface area contributed by atoms with Crippen LogP contribution >= 0.6 is 7.26 Å². The third-order valence-electron chi connectivity index (χ3n) is 1.71. The van der Waals surface area contributed by atoms with Crippen molar-refractivity contribution in [2.75, 3.05) is 0 Å². The molecule has 0 radical (unpaired) electrons. The van der Waals surface area contributed by atoms with Gasteiger partial charge in [-0.15, -0.1) is 0 Å². The van der Waals surface area contributed by atoms with Crippen molar-refractivity contribution in [1.29, 1.82) is 15.8 Å². The Kier molecular flexibility index (Phi) is 2.61. The minimum atomic E-state index is -3.18. The minimum absolute atomic E-state index is 0.558. The number of hydrogen-bond donors (Lipinski definition) is 0. The van der Waals surface area contributed by atoms with Crippen LogP contribution in [-0.2, 0) is 0 Å². The summed E-state index contributed by atoms with van der Waals surface area (Å²) in [5.74, 6) is 5.54. The average molecular weight is 187 g/mol. The van der Waals surface area contributed by atoms with Crippen molar-refractivity contribution < 1.29 is 0 Å². The Labute approximate surface area is 76.8 Å². The van der Waals surface area contributed by atoms with E-state index in [1.807, 2.05) is 17.4 Å². The van der Waals surface area contributed by atoms with Crippen LogP contribution in [0, 0.1) is 33.2 Å². The van der Waals surface area contributed by atoms with Gasteiger partial charge in [0, 0.05) is 0 Å². The fourth-order valence-corrected chi connectivity index (χ4v) is 2.19. The van der Waals surface area contributed by atoms with Crippen LogP contribution < -0.4 is 5.30 Å². The molecule has 0 spiro atoms. The molecule has 0 atom stereocenters. The monoisotopic (exact) mass is 187 g/mol. The summed E-state index contributed by atoms with van der Waals surface area (Å²) in [6.45, 7) is 0. The Morgan fingerprint density at radius 3 is 1.69 bits per heavy atom. The SMILES string of the molecule is N#C[PH](C#N)(C#N)c1ccccc1. The molecule has 13 heavy (non-hydrogen) atoms. The van der Waals surface area contributed by atoms with Gasteiger partial charge in [0.15, 0.2) is 0 Å². The fourth-order valence-electron chi connectivity index (χ4n) is 0.957. The zero-order chi connectivity index (χ0) is 9.73. The van der Waals surface area contributed by atoms with E-state index in [-0.39, 0.29) is 0 Å². The first-order valence-electron chi connectivity index (χ1n) is 3.58. The summed E-state index contributed by atoms with van der Waals surface area (Å²) in [5, 5.41) is 26.9. The Morgan fingerprint density at radius 2 is 1.31 bits per heavy atom. The molecule has 4 heteroatoms. The summed E-state index contributed by atoms with van der Waals surface area (Å²) < 4.78 is 0. The summed E-state index contributed by atoms with van der Waals surface area (Å²) in [7, 11) is -3.18. The van der Waals surface area contributed by atoms with E-state index in [9.17, 15) is 0 Å². The van der Waals surface area contributed by atoms with Gasteiger partial charge in [0.2, 0.25) is 0 Å². The molecule has 1 aromatic rings. The van der Waals surface area contributed by atoms with Crippen molar-refractivity contribution in [3.05, 3.63) is 30.3 Å². The fraction of sp³-hybridized carbons (Fsp3) is 0. The molecular formula is C9H6N3P. The average Bonchev–Trinajstić information content (AvgIpc) is 2.23. The topological polar surface area (TPSA) is 71.4 Å². The third-order valence-corrected chi connectivity index (χ3v) is 3.92. The number of rotatable bonds is 1. The van der Waals surface area contributed by atoms with Gasteiger partial charge in [0.05, 0.1) is 0 Å². The van der Waals surface area contributed by atoms with Crippen molar-refractivity contribution in [3.8, 4) is 17.4 Å². The van der Waals surface area contributed by atoms with E-state index in [0.717, 1.165) is 0 Å². The van der Waals surface area contributed by atoms with Gasteiger partial charge in [-0.2, -0.15) is 0 Å². The van der Waals surface area contributed by atoms with Gasteiger partial charge in [-0.25, -0.2) is 0 Å². The van der Waals surface area contributed by atoms with Crippen molar-refractivity contribution in [3.63, 3.8) is 0 Å². The molecule has 0 unspecified atom stereocenters. The molecule has 0 N–H and O–H groups in total. The third kappa shape index (κ3) is 1.50. The standard InChI is InChI=1S/C9H6N3P/c10-6-13(7-11,8-12)9-4-2-1-3-5-9/h1-5,13H. The van der Waals surface area contributed by atoms with Crippen molar-refractivity contribution in [1.82, 2.24) is 0 Å². The summed E-state index contributed by atoms with van der Waals surface area (Å²) in [6.07, 6.45) is 0. The first-order valence-corrected chi connectivity index (χ1v) is 5.58. The summed E-state index contributed by atoms with van der Waals surface area (Å²) in [5.41, 5.74) is 0. The maximum absolute atomic E-state index is 8.80. The maximum atomic E-state index is 8.80. The molecule has 0 fully saturated rings. The van der Waals surface area contributed by atoms with Crippen LogP contribution in [0.25, 0.3) is 0 Å². The quantitative estimate of drug-likeness (QED) is 0.625. The van der Waals surface area contributed by atoms with E-state index in [4.69, 9.17) is 15.8 Å². The van der Waals surface area contributed by atoms with Crippen LogP contribution in [0.2, 0.25) is 0 Å². The molecule has 1 aromatic carbocycles. The van der Waals surface area contributed by atoms with E-state index in [2.05, 4.69) is 0 Å². The molecule has 3 nitrogen and oxygen atoms in total. The Hall–Kier alpha value is -1.88. The van der Waals surface area contributed by atoms with Crippen molar-refractivity contribution >= 4 is 12.6 Å². The van der Waals surface area contributed by atoms with Crippen LogP contribution in [0.15, 0.2) is 30.3 Å². The van der Waals surface area contributed by atoms with Gasteiger partial charge in [0.1, 0.15) is 0 Å². The van der Waals surface area contributed by atoms with E-state index in [1.54, 1.807) is 30.3 Å². The normalized spacial score (nSPS) is 10.5. The molecule has 0 heterocycles. The molecule has 0 amide bonds. The van der Waals surface area contributed by atoms with Gasteiger partial charge >= 0.3 is 76.1 Å². The van der Waals surface area contributed by atoms with Gasteiger partial charge in [-0.3, -0.25) is 0 Å². The van der Waals surface area contributed by atoms with Crippen LogP contribution in [0.4, 0.5) is 0 Å². The zero-order valence-electron chi connectivity index (χ0n) is 6.73. The number of hydrogen-bond acceptors (Lipinski definition) is 3. The second-order valence-corrected chi connectivity index (χ2v) is 5.20. The van der Waals surface area contributed by atoms with Gasteiger partial charge < -0.3 is 0 Å². The Bertz CT molecular complexity index is 383. The number of nitrogens with zero attached hydrogens (tertiary/aromatic N) is 3. The van der Waals surface area contributed by atoms with Crippen molar-refractivity contribution in [2.24, 2.45) is 0 Å². The van der Waals surface area contributed by atoms with Crippen molar-refractivity contribution in [2.45, 2.75) is 0 Å². The Morgan fingerprint density at radius 1 is 0.846 bits per heavy atom. The van der Waals surface area contributed by atoms with Gasteiger partial charge in [-0.1, -0.05) is 0 Å². The zero-order valence-corrected chi connectivity index (χ0v) is 7.73. The van der Waals surface area contributed by atoms with E-state index < -0.39 is 7.26 Å². The first-order chi connectivity index (χ1) is 6.29. The van der Waals surface area contributed by atoms with Gasteiger partial charge in [-0.05, 0) is 0 Å². The molecule has 62 valence electrons. The molecule has 0 saturated carbocycles. The molecule has 0 bridgehead atoms. The summed E-state index contributed by atoms with van der Waals surface area (Å²) in [6, 6.07) is 8.55. The molecule has 0 aliphatic rings. The molecule has 0 aliphatic heterocycles. The van der Waals surface area contributed by atoms with E-state index in [0.29, 0.717) is 5.30 Å². The van der Waals surface area contributed by atoms with Crippen LogP contribution in [-0.4, -0.2) is 0 Å². The molecule has 0 saturated heterocycles. The summed E-state index contributed by atoms with van der Waals surface area (Å²) in [4.78, 5) is 0. The van der Waals surface area contributed by atoms with Crippen LogP contribution in [0.3, 0.4) is 0 Å². The molecule has 1 rings (SSSR count). The predicted molar refractivity (Wildman–Crippen MR) is 51.2 cm³/mol.